The monoisotopic (exact) mass is 345 g/mol. The van der Waals surface area contributed by atoms with Crippen molar-refractivity contribution in [3.8, 4) is 11.5 Å². The van der Waals surface area contributed by atoms with Crippen LogP contribution in [0.2, 0.25) is 0 Å². The van der Waals surface area contributed by atoms with Gasteiger partial charge in [-0.3, -0.25) is 0 Å². The molecule has 0 bridgehead atoms. The molecule has 0 fully saturated rings. The van der Waals surface area contributed by atoms with Crippen LogP contribution in [0.15, 0.2) is 79.3 Å². The lowest BCUT2D eigenvalue weighted by Gasteiger charge is -2.09. The maximum atomic E-state index is 5.81. The molecule has 0 aliphatic heterocycles. The van der Waals surface area contributed by atoms with Gasteiger partial charge in [0.25, 0.3) is 0 Å². The summed E-state index contributed by atoms with van der Waals surface area (Å²) in [4.78, 5) is 8.68. The third-order valence-corrected chi connectivity index (χ3v) is 4.05. The van der Waals surface area contributed by atoms with Crippen molar-refractivity contribution in [2.45, 2.75) is 13.2 Å². The first-order chi connectivity index (χ1) is 12.9. The number of pyridine rings is 1. The van der Waals surface area contributed by atoms with E-state index in [4.69, 9.17) is 9.47 Å². The number of fused-ring (bicyclic) bond motifs is 1. The van der Waals surface area contributed by atoms with Gasteiger partial charge >= 0.3 is 0 Å². The molecular formula is C21H19N3O2. The molecule has 0 aliphatic rings. The van der Waals surface area contributed by atoms with E-state index in [0.29, 0.717) is 19.8 Å². The highest BCUT2D eigenvalue weighted by atomic mass is 16.5. The summed E-state index contributed by atoms with van der Waals surface area (Å²) in [5, 5.41) is 0. The predicted molar refractivity (Wildman–Crippen MR) is 100 cm³/mol. The molecule has 0 saturated heterocycles. The second kappa shape index (κ2) is 7.70. The van der Waals surface area contributed by atoms with Crippen LogP contribution >= 0.6 is 0 Å². The van der Waals surface area contributed by atoms with Gasteiger partial charge in [-0.05, 0) is 42.0 Å². The lowest BCUT2D eigenvalue weighted by molar-refractivity contribution is 0.294. The Morgan fingerprint density at radius 2 is 1.54 bits per heavy atom. The first-order valence-electron chi connectivity index (χ1n) is 8.54. The minimum Gasteiger partial charge on any atom is -0.492 e. The van der Waals surface area contributed by atoms with Crippen molar-refractivity contribution in [2.24, 2.45) is 0 Å². The second-order valence-corrected chi connectivity index (χ2v) is 5.88. The normalized spacial score (nSPS) is 10.8. The van der Waals surface area contributed by atoms with Gasteiger partial charge < -0.3 is 14.0 Å². The first kappa shape index (κ1) is 16.1. The lowest BCUT2D eigenvalue weighted by atomic mass is 10.2. The Balaban J connectivity index is 1.29. The van der Waals surface area contributed by atoms with Gasteiger partial charge in [0.1, 0.15) is 30.2 Å². The van der Waals surface area contributed by atoms with Crippen LogP contribution in [0, 0.1) is 0 Å². The molecular weight excluding hydrogens is 326 g/mol. The summed E-state index contributed by atoms with van der Waals surface area (Å²) in [6, 6.07) is 21.6. The van der Waals surface area contributed by atoms with Crippen molar-refractivity contribution in [3.05, 3.63) is 84.8 Å². The highest BCUT2D eigenvalue weighted by Crippen LogP contribution is 2.19. The van der Waals surface area contributed by atoms with Crippen LogP contribution in [-0.2, 0) is 13.2 Å². The lowest BCUT2D eigenvalue weighted by Crippen LogP contribution is -2.07. The summed E-state index contributed by atoms with van der Waals surface area (Å²) < 4.78 is 13.6. The molecule has 2 aromatic heterocycles. The van der Waals surface area contributed by atoms with Gasteiger partial charge in [0, 0.05) is 6.20 Å². The van der Waals surface area contributed by atoms with E-state index in [-0.39, 0.29) is 0 Å². The summed E-state index contributed by atoms with van der Waals surface area (Å²) in [5.41, 5.74) is 2.92. The predicted octanol–water partition coefficient (Wildman–Crippen LogP) is 4.09. The van der Waals surface area contributed by atoms with Gasteiger partial charge in [0.15, 0.2) is 5.65 Å². The molecule has 4 rings (SSSR count). The Hall–Kier alpha value is -3.34. The first-order valence-corrected chi connectivity index (χ1v) is 8.54. The van der Waals surface area contributed by atoms with Crippen LogP contribution in [0.25, 0.3) is 11.2 Å². The topological polar surface area (TPSA) is 49.2 Å². The SMILES string of the molecule is c1ccc(COc2ccc(OCCn3cnc4cccnc43)cc2)cc1. The fourth-order valence-electron chi connectivity index (χ4n) is 2.70. The zero-order valence-electron chi connectivity index (χ0n) is 14.3. The number of benzene rings is 2. The van der Waals surface area contributed by atoms with E-state index in [0.717, 1.165) is 28.2 Å². The Labute approximate surface area is 151 Å². The van der Waals surface area contributed by atoms with Crippen LogP contribution in [0.5, 0.6) is 11.5 Å². The molecule has 5 nitrogen and oxygen atoms in total. The van der Waals surface area contributed by atoms with Crippen LogP contribution < -0.4 is 9.47 Å². The summed E-state index contributed by atoms with van der Waals surface area (Å²) in [7, 11) is 0. The fraction of sp³-hybridized carbons (Fsp3) is 0.143. The summed E-state index contributed by atoms with van der Waals surface area (Å²) >= 11 is 0. The largest absolute Gasteiger partial charge is 0.492 e. The maximum Gasteiger partial charge on any atom is 0.159 e. The van der Waals surface area contributed by atoms with Crippen molar-refractivity contribution in [2.75, 3.05) is 6.61 Å². The molecule has 0 atom stereocenters. The highest BCUT2D eigenvalue weighted by molar-refractivity contribution is 5.69. The Bertz CT molecular complexity index is 965. The molecule has 0 saturated carbocycles. The molecule has 2 aromatic carbocycles. The summed E-state index contributed by atoms with van der Waals surface area (Å²) in [6.45, 7) is 1.80. The molecule has 0 unspecified atom stereocenters. The van der Waals surface area contributed by atoms with Gasteiger partial charge in [-0.2, -0.15) is 0 Å². The number of imidazole rings is 1. The molecule has 0 amide bonds. The number of hydrogen-bond donors (Lipinski definition) is 0. The molecule has 5 heteroatoms. The number of rotatable bonds is 7. The number of hydrogen-bond acceptors (Lipinski definition) is 4. The number of nitrogens with zero attached hydrogens (tertiary/aromatic N) is 3. The van der Waals surface area contributed by atoms with Crippen LogP contribution in [0.4, 0.5) is 0 Å². The quantitative estimate of drug-likeness (QED) is 0.506. The van der Waals surface area contributed by atoms with Crippen molar-refractivity contribution in [1.82, 2.24) is 14.5 Å². The smallest absolute Gasteiger partial charge is 0.159 e. The molecule has 0 N–H and O–H groups in total. The van der Waals surface area contributed by atoms with Gasteiger partial charge in [-0.25, -0.2) is 9.97 Å². The van der Waals surface area contributed by atoms with E-state index in [1.165, 1.54) is 0 Å². The van der Waals surface area contributed by atoms with E-state index in [9.17, 15) is 0 Å². The van der Waals surface area contributed by atoms with E-state index < -0.39 is 0 Å². The maximum absolute atomic E-state index is 5.81. The van der Waals surface area contributed by atoms with Crippen LogP contribution in [-0.4, -0.2) is 21.1 Å². The van der Waals surface area contributed by atoms with Crippen molar-refractivity contribution >= 4 is 11.2 Å². The van der Waals surface area contributed by atoms with Crippen molar-refractivity contribution < 1.29 is 9.47 Å². The molecule has 0 radical (unpaired) electrons. The van der Waals surface area contributed by atoms with Gasteiger partial charge in [-0.1, -0.05) is 30.3 Å². The average Bonchev–Trinajstić information content (AvgIpc) is 3.11. The fourth-order valence-corrected chi connectivity index (χ4v) is 2.70. The number of ether oxygens (including phenoxy) is 2. The zero-order valence-corrected chi connectivity index (χ0v) is 14.3. The Morgan fingerprint density at radius 3 is 2.35 bits per heavy atom. The van der Waals surface area contributed by atoms with Gasteiger partial charge in [0.2, 0.25) is 0 Å². The number of aromatic nitrogens is 3. The third kappa shape index (κ3) is 3.83. The van der Waals surface area contributed by atoms with Crippen LogP contribution in [0.1, 0.15) is 5.56 Å². The molecule has 4 aromatic rings. The Morgan fingerprint density at radius 1 is 0.769 bits per heavy atom. The van der Waals surface area contributed by atoms with E-state index in [1.54, 1.807) is 12.5 Å². The van der Waals surface area contributed by atoms with Crippen LogP contribution in [0.3, 0.4) is 0 Å². The standard InChI is InChI=1S/C21H19N3O2/c1-2-5-17(6-3-1)15-26-19-10-8-18(9-11-19)25-14-13-24-16-23-20-7-4-12-22-21(20)24/h1-12,16H,13-15H2. The molecule has 0 aliphatic carbocycles. The Kier molecular flexibility index (Phi) is 4.78. The second-order valence-electron chi connectivity index (χ2n) is 5.88. The van der Waals surface area contributed by atoms with Crippen molar-refractivity contribution in [3.63, 3.8) is 0 Å². The van der Waals surface area contributed by atoms with Gasteiger partial charge in [0.05, 0.1) is 12.9 Å². The summed E-state index contributed by atoms with van der Waals surface area (Å²) in [5.74, 6) is 1.64. The minimum atomic E-state index is 0.548. The highest BCUT2D eigenvalue weighted by Gasteiger charge is 2.03. The van der Waals surface area contributed by atoms with E-state index in [2.05, 4.69) is 9.97 Å². The molecule has 2 heterocycles. The average molecular weight is 345 g/mol. The molecule has 130 valence electrons. The van der Waals surface area contributed by atoms with E-state index in [1.807, 2.05) is 71.3 Å². The van der Waals surface area contributed by atoms with Crippen molar-refractivity contribution in [1.29, 1.82) is 0 Å². The zero-order chi connectivity index (χ0) is 17.6. The minimum absolute atomic E-state index is 0.548. The third-order valence-electron chi connectivity index (χ3n) is 4.05. The molecule has 0 spiro atoms. The molecule has 26 heavy (non-hydrogen) atoms. The summed E-state index contributed by atoms with van der Waals surface area (Å²) in [6.07, 6.45) is 3.57. The van der Waals surface area contributed by atoms with Gasteiger partial charge in [-0.15, -0.1) is 0 Å². The van der Waals surface area contributed by atoms with E-state index >= 15 is 0 Å².